The van der Waals surface area contributed by atoms with E-state index in [-0.39, 0.29) is 5.91 Å². The number of amides is 1. The normalized spacial score (nSPS) is 26.6. The molecule has 0 unspecified atom stereocenters. The minimum Gasteiger partial charge on any atom is -0.354 e. The number of carbonyl (C=O) groups is 1. The minimum atomic E-state index is 0.114. The number of benzene rings is 1. The minimum absolute atomic E-state index is 0.114. The molecule has 3 heteroatoms. The van der Waals surface area contributed by atoms with Crippen LogP contribution in [-0.4, -0.2) is 17.0 Å². The molecule has 3 atom stereocenters. The average molecular weight is 280 g/mol. The molecule has 4 rings (SSSR count). The first-order valence-electron chi connectivity index (χ1n) is 7.78. The van der Waals surface area contributed by atoms with E-state index in [9.17, 15) is 4.79 Å². The molecular formula is C18H20N2O. The summed E-state index contributed by atoms with van der Waals surface area (Å²) < 4.78 is 2.02. The predicted octanol–water partition coefficient (Wildman–Crippen LogP) is 2.97. The highest BCUT2D eigenvalue weighted by atomic mass is 16.1. The van der Waals surface area contributed by atoms with Crippen molar-refractivity contribution in [2.45, 2.75) is 19.4 Å². The van der Waals surface area contributed by atoms with Crippen LogP contribution < -0.4 is 5.32 Å². The van der Waals surface area contributed by atoms with Gasteiger partial charge < -0.3 is 9.88 Å². The third-order valence-corrected chi connectivity index (χ3v) is 4.97. The molecule has 1 aromatic carbocycles. The Labute approximate surface area is 124 Å². The fraction of sp³-hybridized carbons (Fsp3) is 0.389. The number of fused-ring (bicyclic) bond motifs is 3. The van der Waals surface area contributed by atoms with Gasteiger partial charge in [0.05, 0.1) is 0 Å². The maximum atomic E-state index is 12.2. The Kier molecular flexibility index (Phi) is 3.06. The predicted molar refractivity (Wildman–Crippen MR) is 83.8 cm³/mol. The third-order valence-electron chi connectivity index (χ3n) is 4.97. The van der Waals surface area contributed by atoms with E-state index in [4.69, 9.17) is 0 Å². The number of rotatable bonds is 4. The topological polar surface area (TPSA) is 34.0 Å². The number of nitrogens with zero attached hydrogens (tertiary/aromatic N) is 1. The highest BCUT2D eigenvalue weighted by Crippen LogP contribution is 2.42. The summed E-state index contributed by atoms with van der Waals surface area (Å²) in [6.45, 7) is 1.23. The molecule has 0 spiro atoms. The van der Waals surface area contributed by atoms with E-state index in [2.05, 4.69) is 35.7 Å². The van der Waals surface area contributed by atoms with Gasteiger partial charge in [-0.3, -0.25) is 4.79 Å². The van der Waals surface area contributed by atoms with Gasteiger partial charge in [0, 0.05) is 18.3 Å². The van der Waals surface area contributed by atoms with Gasteiger partial charge in [-0.2, -0.15) is 0 Å². The molecule has 1 heterocycles. The van der Waals surface area contributed by atoms with Crippen molar-refractivity contribution in [3.63, 3.8) is 0 Å². The number of para-hydroxylation sites is 1. The summed E-state index contributed by atoms with van der Waals surface area (Å²) in [4.78, 5) is 12.2. The molecule has 1 fully saturated rings. The van der Waals surface area contributed by atoms with Crippen LogP contribution in [0.25, 0.3) is 10.9 Å². The van der Waals surface area contributed by atoms with Crippen LogP contribution in [0.1, 0.15) is 12.8 Å². The van der Waals surface area contributed by atoms with Crippen molar-refractivity contribution in [3.05, 3.63) is 48.7 Å². The molecule has 1 aromatic heterocycles. The number of hydrogen-bond donors (Lipinski definition) is 1. The Hall–Kier alpha value is -2.03. The van der Waals surface area contributed by atoms with Crippen molar-refractivity contribution in [2.75, 3.05) is 6.54 Å². The molecule has 1 saturated carbocycles. The molecule has 21 heavy (non-hydrogen) atoms. The highest BCUT2D eigenvalue weighted by molar-refractivity contribution is 5.83. The van der Waals surface area contributed by atoms with Gasteiger partial charge in [0.15, 0.2) is 0 Å². The fourth-order valence-electron chi connectivity index (χ4n) is 3.86. The summed E-state index contributed by atoms with van der Waals surface area (Å²) in [7, 11) is 0. The number of carbonyl (C=O) groups excluding carboxylic acids is 1. The van der Waals surface area contributed by atoms with Crippen LogP contribution in [-0.2, 0) is 11.3 Å². The lowest BCUT2D eigenvalue weighted by Crippen LogP contribution is -2.33. The van der Waals surface area contributed by atoms with Crippen LogP contribution >= 0.6 is 0 Å². The first-order valence-corrected chi connectivity index (χ1v) is 7.78. The zero-order valence-electron chi connectivity index (χ0n) is 12.0. The molecule has 0 saturated heterocycles. The molecule has 2 aliphatic carbocycles. The largest absolute Gasteiger partial charge is 0.354 e. The fourth-order valence-corrected chi connectivity index (χ4v) is 3.86. The number of aromatic nitrogens is 1. The van der Waals surface area contributed by atoms with E-state index in [1.165, 1.54) is 18.2 Å². The van der Waals surface area contributed by atoms with Crippen LogP contribution in [0.3, 0.4) is 0 Å². The summed E-state index contributed by atoms with van der Waals surface area (Å²) in [5.74, 6) is 2.22. The average Bonchev–Trinajstić information content (AvgIpc) is 3.21. The molecule has 1 amide bonds. The van der Waals surface area contributed by atoms with E-state index in [1.54, 1.807) is 0 Å². The molecule has 0 radical (unpaired) electrons. The van der Waals surface area contributed by atoms with E-state index in [0.29, 0.717) is 18.4 Å². The second-order valence-corrected chi connectivity index (χ2v) is 6.35. The zero-order valence-corrected chi connectivity index (χ0v) is 12.0. The van der Waals surface area contributed by atoms with Crippen molar-refractivity contribution in [3.8, 4) is 0 Å². The third kappa shape index (κ3) is 2.37. The lowest BCUT2D eigenvalue weighted by Gasteiger charge is -2.18. The van der Waals surface area contributed by atoms with Gasteiger partial charge in [-0.05, 0) is 48.1 Å². The molecule has 3 nitrogen and oxygen atoms in total. The maximum absolute atomic E-state index is 12.2. The Morgan fingerprint density at radius 2 is 2.10 bits per heavy atom. The van der Waals surface area contributed by atoms with Crippen LogP contribution in [0.5, 0.6) is 0 Å². The number of allylic oxidation sites excluding steroid dienone is 2. The Bertz CT molecular complexity index is 700. The molecule has 2 aromatic rings. The molecule has 1 N–H and O–H groups in total. The first kappa shape index (κ1) is 12.7. The summed E-state index contributed by atoms with van der Waals surface area (Å²) in [6, 6.07) is 10.2. The summed E-state index contributed by atoms with van der Waals surface area (Å²) in [5.41, 5.74) is 1.12. The Morgan fingerprint density at radius 1 is 1.19 bits per heavy atom. The van der Waals surface area contributed by atoms with Crippen molar-refractivity contribution in [2.24, 2.45) is 17.8 Å². The van der Waals surface area contributed by atoms with Crippen LogP contribution in [0.15, 0.2) is 48.7 Å². The number of hydrogen-bond acceptors (Lipinski definition) is 1. The molecule has 2 bridgehead atoms. The van der Waals surface area contributed by atoms with Gasteiger partial charge in [0.25, 0.3) is 0 Å². The van der Waals surface area contributed by atoms with E-state index in [1.807, 2.05) is 22.9 Å². The summed E-state index contributed by atoms with van der Waals surface area (Å²) in [6.07, 6.45) is 9.21. The van der Waals surface area contributed by atoms with Gasteiger partial charge >= 0.3 is 0 Å². The van der Waals surface area contributed by atoms with Crippen LogP contribution in [0, 0.1) is 17.8 Å². The van der Waals surface area contributed by atoms with Gasteiger partial charge in [-0.1, -0.05) is 30.4 Å². The molecule has 108 valence electrons. The quantitative estimate of drug-likeness (QED) is 0.858. The monoisotopic (exact) mass is 280 g/mol. The Balaban J connectivity index is 1.37. The first-order chi connectivity index (χ1) is 10.3. The van der Waals surface area contributed by atoms with Crippen LogP contribution in [0.4, 0.5) is 0 Å². The van der Waals surface area contributed by atoms with E-state index >= 15 is 0 Å². The Morgan fingerprint density at radius 3 is 2.90 bits per heavy atom. The second kappa shape index (κ2) is 5.06. The van der Waals surface area contributed by atoms with Crippen molar-refractivity contribution in [1.82, 2.24) is 9.88 Å². The van der Waals surface area contributed by atoms with Crippen LogP contribution in [0.2, 0.25) is 0 Å². The van der Waals surface area contributed by atoms with Gasteiger partial charge in [-0.25, -0.2) is 0 Å². The van der Waals surface area contributed by atoms with Gasteiger partial charge in [-0.15, -0.1) is 0 Å². The van der Waals surface area contributed by atoms with Crippen molar-refractivity contribution >= 4 is 16.8 Å². The van der Waals surface area contributed by atoms with Gasteiger partial charge in [0.1, 0.15) is 6.54 Å². The smallest absolute Gasteiger partial charge is 0.239 e. The second-order valence-electron chi connectivity index (χ2n) is 6.35. The van der Waals surface area contributed by atoms with Gasteiger partial charge in [0.2, 0.25) is 5.91 Å². The lowest BCUT2D eigenvalue weighted by atomic mass is 9.94. The van der Waals surface area contributed by atoms with E-state index < -0.39 is 0 Å². The maximum Gasteiger partial charge on any atom is 0.239 e. The van der Waals surface area contributed by atoms with E-state index in [0.717, 1.165) is 18.0 Å². The highest BCUT2D eigenvalue weighted by Gasteiger charge is 2.35. The van der Waals surface area contributed by atoms with Crippen molar-refractivity contribution in [1.29, 1.82) is 0 Å². The molecule has 2 aliphatic rings. The van der Waals surface area contributed by atoms with Crippen molar-refractivity contribution < 1.29 is 4.79 Å². The number of nitrogens with one attached hydrogen (secondary N) is 1. The summed E-state index contributed by atoms with van der Waals surface area (Å²) in [5, 5.41) is 4.30. The lowest BCUT2D eigenvalue weighted by molar-refractivity contribution is -0.121. The summed E-state index contributed by atoms with van der Waals surface area (Å²) >= 11 is 0. The standard InChI is InChI=1S/C18H20N2O/c21-18(19-11-16-10-13-5-6-15(16)9-13)12-20-8-7-14-3-1-2-4-17(14)20/h1-8,13,15-16H,9-12H2,(H,19,21)/t13-,15-,16-/m1/s1. The molecular weight excluding hydrogens is 260 g/mol. The molecule has 0 aliphatic heterocycles. The zero-order chi connectivity index (χ0) is 14.2. The SMILES string of the molecule is O=C(Cn1ccc2ccccc21)NC[C@H]1C[C@@H]2C=C[C@@H]1C2.